The molecule has 9 nitrogen and oxygen atoms in total. The number of rotatable bonds is 7. The number of benzene rings is 1. The first-order valence-electron chi connectivity index (χ1n) is 9.81. The molecule has 2 fully saturated rings. The van der Waals surface area contributed by atoms with Crippen molar-refractivity contribution in [2.75, 3.05) is 23.7 Å². The first-order chi connectivity index (χ1) is 14.1. The topological polar surface area (TPSA) is 131 Å². The lowest BCUT2D eigenvalue weighted by molar-refractivity contribution is -0.117. The zero-order valence-electron chi connectivity index (χ0n) is 16.0. The van der Waals surface area contributed by atoms with Crippen molar-refractivity contribution >= 4 is 28.9 Å². The second-order valence-corrected chi connectivity index (χ2v) is 7.33. The number of primary amides is 1. The monoisotopic (exact) mass is 396 g/mol. The predicted octanol–water partition coefficient (Wildman–Crippen LogP) is 1.80. The van der Waals surface area contributed by atoms with Gasteiger partial charge in [0.05, 0.1) is 17.6 Å². The Kier molecular flexibility index (Phi) is 5.57. The number of nitrogens with zero attached hydrogens (tertiary/aromatic N) is 2. The van der Waals surface area contributed by atoms with Crippen molar-refractivity contribution in [2.45, 2.75) is 31.8 Å². The molecule has 1 aromatic carbocycles. The van der Waals surface area contributed by atoms with E-state index < -0.39 is 5.91 Å². The third kappa shape index (κ3) is 4.80. The van der Waals surface area contributed by atoms with Gasteiger partial charge in [0.25, 0.3) is 5.91 Å². The third-order valence-electron chi connectivity index (χ3n) is 4.98. The quantitative estimate of drug-likeness (QED) is 0.561. The number of nitrogens with one attached hydrogen (secondary N) is 3. The Bertz CT molecular complexity index is 909. The molecule has 1 saturated heterocycles. The number of anilines is 3. The minimum Gasteiger partial charge on any atom is -0.490 e. The Morgan fingerprint density at radius 3 is 2.69 bits per heavy atom. The first-order valence-corrected chi connectivity index (χ1v) is 9.81. The lowest BCUT2D eigenvalue weighted by atomic mass is 10.1. The van der Waals surface area contributed by atoms with Gasteiger partial charge in [0.1, 0.15) is 11.9 Å². The van der Waals surface area contributed by atoms with Crippen LogP contribution >= 0.6 is 0 Å². The number of nitrogens with two attached hydrogens (primary N) is 1. The highest BCUT2D eigenvalue weighted by atomic mass is 16.5. The van der Waals surface area contributed by atoms with E-state index >= 15 is 0 Å². The summed E-state index contributed by atoms with van der Waals surface area (Å²) in [7, 11) is 0. The summed E-state index contributed by atoms with van der Waals surface area (Å²) in [6.45, 7) is 1.88. The molecular weight excluding hydrogens is 372 g/mol. The molecule has 2 aromatic rings. The Balaban J connectivity index is 1.56. The number of hydrogen-bond acceptors (Lipinski definition) is 7. The van der Waals surface area contributed by atoms with Crippen LogP contribution in [0.3, 0.4) is 0 Å². The summed E-state index contributed by atoms with van der Waals surface area (Å²) < 4.78 is 6.08. The van der Waals surface area contributed by atoms with E-state index in [1.807, 2.05) is 24.3 Å². The van der Waals surface area contributed by atoms with Gasteiger partial charge in [-0.1, -0.05) is 6.07 Å². The van der Waals surface area contributed by atoms with Gasteiger partial charge in [-0.3, -0.25) is 9.59 Å². The van der Waals surface area contributed by atoms with E-state index in [4.69, 9.17) is 10.5 Å². The molecule has 0 atom stereocenters. The number of ether oxygens (including phenoxy) is 1. The van der Waals surface area contributed by atoms with E-state index in [0.717, 1.165) is 44.5 Å². The predicted molar refractivity (Wildman–Crippen MR) is 108 cm³/mol. The standard InChI is InChI=1S/C20H24N6O3/c21-19(27)18-17(16(11-23-26-18)25-20(28)12-4-5-12)24-13-2-1-3-15(10-13)29-14-6-8-22-9-7-14/h1-3,10-12,14,22H,4-9H2,(H2,21,27)(H,23,24)(H,25,26,28). The van der Waals surface area contributed by atoms with Gasteiger partial charge >= 0.3 is 0 Å². The Morgan fingerprint density at radius 2 is 1.97 bits per heavy atom. The van der Waals surface area contributed by atoms with Gasteiger partial charge in [0.15, 0.2) is 5.69 Å². The largest absolute Gasteiger partial charge is 0.490 e. The van der Waals surface area contributed by atoms with Crippen LogP contribution < -0.4 is 26.4 Å². The molecule has 0 spiro atoms. The molecule has 9 heteroatoms. The van der Waals surface area contributed by atoms with Crippen LogP contribution in [0.1, 0.15) is 36.2 Å². The molecule has 152 valence electrons. The minimum absolute atomic E-state index is 0.00903. The van der Waals surface area contributed by atoms with Crippen LogP contribution in [0.5, 0.6) is 5.75 Å². The van der Waals surface area contributed by atoms with Gasteiger partial charge in [-0.05, 0) is 50.9 Å². The maximum absolute atomic E-state index is 12.2. The Hall–Kier alpha value is -3.20. The maximum Gasteiger partial charge on any atom is 0.271 e. The fraction of sp³-hybridized carbons (Fsp3) is 0.400. The molecule has 1 saturated carbocycles. The van der Waals surface area contributed by atoms with Crippen molar-refractivity contribution < 1.29 is 14.3 Å². The van der Waals surface area contributed by atoms with Crippen LogP contribution in [0.4, 0.5) is 17.1 Å². The molecule has 0 unspecified atom stereocenters. The van der Waals surface area contributed by atoms with Crippen molar-refractivity contribution in [1.82, 2.24) is 15.5 Å². The van der Waals surface area contributed by atoms with Gasteiger partial charge in [0, 0.05) is 17.7 Å². The van der Waals surface area contributed by atoms with Crippen LogP contribution in [0.2, 0.25) is 0 Å². The number of amides is 2. The van der Waals surface area contributed by atoms with Gasteiger partial charge < -0.3 is 26.4 Å². The molecular formula is C20H24N6O3. The molecule has 0 radical (unpaired) electrons. The third-order valence-corrected chi connectivity index (χ3v) is 4.98. The van der Waals surface area contributed by atoms with E-state index in [0.29, 0.717) is 17.1 Å². The fourth-order valence-electron chi connectivity index (χ4n) is 3.26. The summed E-state index contributed by atoms with van der Waals surface area (Å²) in [6.07, 6.45) is 5.22. The molecule has 5 N–H and O–H groups in total. The van der Waals surface area contributed by atoms with Crippen LogP contribution in [0, 0.1) is 5.92 Å². The summed E-state index contributed by atoms with van der Waals surface area (Å²) in [5, 5.41) is 16.9. The van der Waals surface area contributed by atoms with Crippen molar-refractivity contribution in [2.24, 2.45) is 11.7 Å². The van der Waals surface area contributed by atoms with E-state index in [-0.39, 0.29) is 23.6 Å². The maximum atomic E-state index is 12.2. The van der Waals surface area contributed by atoms with Gasteiger partial charge in [-0.25, -0.2) is 0 Å². The minimum atomic E-state index is -0.732. The molecule has 2 amide bonds. The lowest BCUT2D eigenvalue weighted by Crippen LogP contribution is -2.34. The van der Waals surface area contributed by atoms with Crippen molar-refractivity contribution in [1.29, 1.82) is 0 Å². The van der Waals surface area contributed by atoms with E-state index in [9.17, 15) is 9.59 Å². The van der Waals surface area contributed by atoms with Crippen molar-refractivity contribution in [3.8, 4) is 5.75 Å². The molecule has 4 rings (SSSR count). The van der Waals surface area contributed by atoms with E-state index in [1.165, 1.54) is 6.20 Å². The van der Waals surface area contributed by atoms with E-state index in [2.05, 4.69) is 26.1 Å². The fourth-order valence-corrected chi connectivity index (χ4v) is 3.26. The van der Waals surface area contributed by atoms with Gasteiger partial charge in [-0.15, -0.1) is 5.10 Å². The van der Waals surface area contributed by atoms with Gasteiger partial charge in [0.2, 0.25) is 5.91 Å². The number of piperidine rings is 1. The number of aromatic nitrogens is 2. The summed E-state index contributed by atoms with van der Waals surface area (Å²) >= 11 is 0. The van der Waals surface area contributed by atoms with Crippen LogP contribution in [0.25, 0.3) is 0 Å². The van der Waals surface area contributed by atoms with Crippen LogP contribution in [0.15, 0.2) is 30.5 Å². The lowest BCUT2D eigenvalue weighted by Gasteiger charge is -2.24. The highest BCUT2D eigenvalue weighted by Crippen LogP contribution is 2.33. The average Bonchev–Trinajstić information content (AvgIpc) is 3.55. The zero-order chi connectivity index (χ0) is 20.2. The zero-order valence-corrected chi connectivity index (χ0v) is 16.0. The molecule has 1 aliphatic carbocycles. The first kappa shape index (κ1) is 19.1. The highest BCUT2D eigenvalue weighted by molar-refractivity contribution is 6.04. The molecule has 2 heterocycles. The summed E-state index contributed by atoms with van der Waals surface area (Å²) in [4.78, 5) is 24.1. The Labute approximate surface area is 168 Å². The number of carbonyl (C=O) groups excluding carboxylic acids is 2. The molecule has 2 aliphatic rings. The second kappa shape index (κ2) is 8.44. The molecule has 29 heavy (non-hydrogen) atoms. The van der Waals surface area contributed by atoms with Crippen LogP contribution in [-0.2, 0) is 4.79 Å². The van der Waals surface area contributed by atoms with E-state index in [1.54, 1.807) is 0 Å². The number of hydrogen-bond donors (Lipinski definition) is 4. The smallest absolute Gasteiger partial charge is 0.271 e. The SMILES string of the molecule is NC(=O)c1nncc(NC(=O)C2CC2)c1Nc1cccc(OC2CCNCC2)c1. The molecule has 0 bridgehead atoms. The second-order valence-electron chi connectivity index (χ2n) is 7.33. The Morgan fingerprint density at radius 1 is 1.17 bits per heavy atom. The molecule has 1 aliphatic heterocycles. The summed E-state index contributed by atoms with van der Waals surface area (Å²) in [6, 6.07) is 7.44. The van der Waals surface area contributed by atoms with Gasteiger partial charge in [-0.2, -0.15) is 5.10 Å². The molecule has 1 aromatic heterocycles. The highest BCUT2D eigenvalue weighted by Gasteiger charge is 2.30. The average molecular weight is 396 g/mol. The van der Waals surface area contributed by atoms with Crippen molar-refractivity contribution in [3.05, 3.63) is 36.2 Å². The summed E-state index contributed by atoms with van der Waals surface area (Å²) in [5.41, 5.74) is 6.81. The summed E-state index contributed by atoms with van der Waals surface area (Å²) in [5.74, 6) is -0.0908. The van der Waals surface area contributed by atoms with Crippen LogP contribution in [-0.4, -0.2) is 41.2 Å². The van der Waals surface area contributed by atoms with Crippen molar-refractivity contribution in [3.63, 3.8) is 0 Å². The normalized spacial score (nSPS) is 16.8. The number of carbonyl (C=O) groups is 2.